The first-order valence-corrected chi connectivity index (χ1v) is 7.24. The van der Waals surface area contributed by atoms with Gasteiger partial charge in [0.15, 0.2) is 0 Å². The SMILES string of the molecule is CCN(CC)CCNc1cccc(Br)c1COC. The average Bonchev–Trinajstić information content (AvgIpc) is 2.38. The van der Waals surface area contributed by atoms with Crippen LogP contribution < -0.4 is 5.32 Å². The van der Waals surface area contributed by atoms with Crippen molar-refractivity contribution in [3.8, 4) is 0 Å². The summed E-state index contributed by atoms with van der Waals surface area (Å²) < 4.78 is 6.33. The maximum atomic E-state index is 5.24. The molecule has 0 saturated heterocycles. The molecule has 102 valence electrons. The predicted molar refractivity (Wildman–Crippen MR) is 81.1 cm³/mol. The molecule has 1 rings (SSSR count). The number of nitrogens with one attached hydrogen (secondary N) is 1. The van der Waals surface area contributed by atoms with Crippen LogP contribution in [-0.4, -0.2) is 38.2 Å². The van der Waals surface area contributed by atoms with Gasteiger partial charge in [-0.2, -0.15) is 0 Å². The van der Waals surface area contributed by atoms with Gasteiger partial charge >= 0.3 is 0 Å². The van der Waals surface area contributed by atoms with Crippen LogP contribution in [0.4, 0.5) is 5.69 Å². The largest absolute Gasteiger partial charge is 0.383 e. The first kappa shape index (κ1) is 15.5. The monoisotopic (exact) mass is 314 g/mol. The number of halogens is 1. The molecule has 0 bridgehead atoms. The van der Waals surface area contributed by atoms with E-state index in [0.717, 1.165) is 36.3 Å². The van der Waals surface area contributed by atoms with Gasteiger partial charge in [-0.1, -0.05) is 35.8 Å². The molecule has 1 aromatic rings. The molecule has 0 fully saturated rings. The third-order valence-electron chi connectivity index (χ3n) is 3.05. The number of benzene rings is 1. The third kappa shape index (κ3) is 4.59. The quantitative estimate of drug-likeness (QED) is 0.796. The lowest BCUT2D eigenvalue weighted by atomic mass is 10.2. The number of ether oxygens (including phenoxy) is 1. The first-order valence-electron chi connectivity index (χ1n) is 6.45. The number of methoxy groups -OCH3 is 1. The smallest absolute Gasteiger partial charge is 0.0744 e. The van der Waals surface area contributed by atoms with E-state index in [2.05, 4.69) is 46.1 Å². The topological polar surface area (TPSA) is 24.5 Å². The van der Waals surface area contributed by atoms with Crippen molar-refractivity contribution in [1.29, 1.82) is 0 Å². The second-order valence-electron chi connectivity index (χ2n) is 4.15. The Morgan fingerprint density at radius 1 is 1.28 bits per heavy atom. The van der Waals surface area contributed by atoms with Crippen LogP contribution in [0.5, 0.6) is 0 Å². The van der Waals surface area contributed by atoms with Gasteiger partial charge < -0.3 is 15.0 Å². The van der Waals surface area contributed by atoms with Gasteiger partial charge in [-0.05, 0) is 25.2 Å². The van der Waals surface area contributed by atoms with Crippen molar-refractivity contribution in [2.75, 3.05) is 38.6 Å². The lowest BCUT2D eigenvalue weighted by molar-refractivity contribution is 0.185. The van der Waals surface area contributed by atoms with E-state index >= 15 is 0 Å². The van der Waals surface area contributed by atoms with Crippen LogP contribution in [0, 0.1) is 0 Å². The van der Waals surface area contributed by atoms with Gasteiger partial charge in [-0.15, -0.1) is 0 Å². The Kier molecular flexibility index (Phi) is 7.32. The van der Waals surface area contributed by atoms with Gasteiger partial charge in [0, 0.05) is 35.9 Å². The molecule has 1 aromatic carbocycles. The summed E-state index contributed by atoms with van der Waals surface area (Å²) >= 11 is 3.57. The molecule has 0 radical (unpaired) electrons. The lowest BCUT2D eigenvalue weighted by Crippen LogP contribution is -2.28. The summed E-state index contributed by atoms with van der Waals surface area (Å²) in [4.78, 5) is 2.40. The molecule has 0 spiro atoms. The van der Waals surface area contributed by atoms with Crippen molar-refractivity contribution in [1.82, 2.24) is 4.90 Å². The van der Waals surface area contributed by atoms with Crippen molar-refractivity contribution in [2.24, 2.45) is 0 Å². The molecule has 0 unspecified atom stereocenters. The van der Waals surface area contributed by atoms with Crippen LogP contribution >= 0.6 is 15.9 Å². The minimum absolute atomic E-state index is 0.620. The van der Waals surface area contributed by atoms with Gasteiger partial charge in [0.05, 0.1) is 6.61 Å². The fourth-order valence-electron chi connectivity index (χ4n) is 1.90. The van der Waals surface area contributed by atoms with Crippen molar-refractivity contribution in [3.63, 3.8) is 0 Å². The van der Waals surface area contributed by atoms with E-state index in [1.165, 1.54) is 5.56 Å². The van der Waals surface area contributed by atoms with Crippen LogP contribution in [0.15, 0.2) is 22.7 Å². The van der Waals surface area contributed by atoms with Crippen LogP contribution in [0.3, 0.4) is 0 Å². The highest BCUT2D eigenvalue weighted by Gasteiger charge is 2.06. The molecule has 0 amide bonds. The van der Waals surface area contributed by atoms with Crippen LogP contribution in [0.25, 0.3) is 0 Å². The van der Waals surface area contributed by atoms with Crippen LogP contribution in [0.2, 0.25) is 0 Å². The highest BCUT2D eigenvalue weighted by molar-refractivity contribution is 9.10. The number of likely N-dealkylation sites (N-methyl/N-ethyl adjacent to an activating group) is 1. The maximum absolute atomic E-state index is 5.24. The van der Waals surface area contributed by atoms with Gasteiger partial charge in [0.25, 0.3) is 0 Å². The van der Waals surface area contributed by atoms with Crippen LogP contribution in [0.1, 0.15) is 19.4 Å². The first-order chi connectivity index (χ1) is 8.72. The summed E-state index contributed by atoms with van der Waals surface area (Å²) in [6, 6.07) is 6.19. The molecule has 18 heavy (non-hydrogen) atoms. The summed E-state index contributed by atoms with van der Waals surface area (Å²) in [6.45, 7) is 9.22. The molecule has 0 aliphatic carbocycles. The Hall–Kier alpha value is -0.580. The molecular weight excluding hydrogens is 292 g/mol. The van der Waals surface area contributed by atoms with Crippen LogP contribution in [-0.2, 0) is 11.3 Å². The van der Waals surface area contributed by atoms with E-state index in [4.69, 9.17) is 4.74 Å². The molecule has 0 heterocycles. The predicted octanol–water partition coefficient (Wildman–Crippen LogP) is 3.35. The highest BCUT2D eigenvalue weighted by atomic mass is 79.9. The Balaban J connectivity index is 2.58. The summed E-state index contributed by atoms with van der Waals surface area (Å²) in [5.41, 5.74) is 2.33. The van der Waals surface area contributed by atoms with E-state index in [9.17, 15) is 0 Å². The zero-order chi connectivity index (χ0) is 13.4. The van der Waals surface area contributed by atoms with Crippen molar-refractivity contribution in [3.05, 3.63) is 28.2 Å². The number of rotatable bonds is 8. The number of anilines is 1. The molecule has 0 aromatic heterocycles. The molecular formula is C14H23BrN2O. The van der Waals surface area contributed by atoms with E-state index in [0.29, 0.717) is 6.61 Å². The zero-order valence-electron chi connectivity index (χ0n) is 11.5. The van der Waals surface area contributed by atoms with E-state index < -0.39 is 0 Å². The Bertz CT molecular complexity index is 354. The summed E-state index contributed by atoms with van der Waals surface area (Å²) in [5, 5.41) is 3.49. The Morgan fingerprint density at radius 3 is 2.61 bits per heavy atom. The van der Waals surface area contributed by atoms with Gasteiger partial charge in [0.2, 0.25) is 0 Å². The third-order valence-corrected chi connectivity index (χ3v) is 3.79. The Labute approximate surface area is 119 Å². The van der Waals surface area contributed by atoms with E-state index in [1.54, 1.807) is 7.11 Å². The Morgan fingerprint density at radius 2 is 2.00 bits per heavy atom. The zero-order valence-corrected chi connectivity index (χ0v) is 13.1. The second-order valence-corrected chi connectivity index (χ2v) is 5.01. The minimum atomic E-state index is 0.620. The molecule has 0 aliphatic rings. The maximum Gasteiger partial charge on any atom is 0.0744 e. The normalized spacial score (nSPS) is 10.9. The molecule has 0 aliphatic heterocycles. The second kappa shape index (κ2) is 8.51. The highest BCUT2D eigenvalue weighted by Crippen LogP contribution is 2.25. The van der Waals surface area contributed by atoms with Crippen molar-refractivity contribution < 1.29 is 4.74 Å². The number of hydrogen-bond donors (Lipinski definition) is 1. The summed E-state index contributed by atoms with van der Waals surface area (Å²) in [7, 11) is 1.72. The van der Waals surface area contributed by atoms with E-state index in [-0.39, 0.29) is 0 Å². The number of hydrogen-bond acceptors (Lipinski definition) is 3. The van der Waals surface area contributed by atoms with Gasteiger partial charge in [-0.25, -0.2) is 0 Å². The average molecular weight is 315 g/mol. The molecule has 0 atom stereocenters. The summed E-state index contributed by atoms with van der Waals surface area (Å²) in [5.74, 6) is 0. The standard InChI is InChI=1S/C14H23BrN2O/c1-4-17(5-2)10-9-16-14-8-6-7-13(15)12(14)11-18-3/h6-8,16H,4-5,9-11H2,1-3H3. The lowest BCUT2D eigenvalue weighted by Gasteiger charge is -2.19. The summed E-state index contributed by atoms with van der Waals surface area (Å²) in [6.07, 6.45) is 0. The molecule has 3 nitrogen and oxygen atoms in total. The molecule has 0 saturated carbocycles. The fraction of sp³-hybridized carbons (Fsp3) is 0.571. The minimum Gasteiger partial charge on any atom is -0.383 e. The van der Waals surface area contributed by atoms with E-state index in [1.807, 2.05) is 12.1 Å². The van der Waals surface area contributed by atoms with Crippen molar-refractivity contribution in [2.45, 2.75) is 20.5 Å². The number of nitrogens with zero attached hydrogens (tertiary/aromatic N) is 1. The van der Waals surface area contributed by atoms with Crippen molar-refractivity contribution >= 4 is 21.6 Å². The fourth-order valence-corrected chi connectivity index (χ4v) is 2.38. The molecule has 4 heteroatoms. The van der Waals surface area contributed by atoms with Gasteiger partial charge in [-0.3, -0.25) is 0 Å². The van der Waals surface area contributed by atoms with Gasteiger partial charge in [0.1, 0.15) is 0 Å². The molecule has 1 N–H and O–H groups in total.